The van der Waals surface area contributed by atoms with Crippen molar-refractivity contribution >= 4 is 35.3 Å². The van der Waals surface area contributed by atoms with Gasteiger partial charge in [0.1, 0.15) is 5.02 Å². The van der Waals surface area contributed by atoms with Gasteiger partial charge < -0.3 is 15.5 Å². The second kappa shape index (κ2) is 6.98. The first-order chi connectivity index (χ1) is 12.2. The number of aromatic nitrogens is 2. The van der Waals surface area contributed by atoms with E-state index in [2.05, 4.69) is 49.6 Å². The summed E-state index contributed by atoms with van der Waals surface area (Å²) in [6, 6.07) is 6.60. The molecule has 2 N–H and O–H groups in total. The van der Waals surface area contributed by atoms with E-state index in [-0.39, 0.29) is 0 Å². The van der Waals surface area contributed by atoms with Crippen molar-refractivity contribution in [2.75, 3.05) is 29.9 Å². The highest BCUT2D eigenvalue weighted by Crippen LogP contribution is 2.27. The van der Waals surface area contributed by atoms with Crippen LogP contribution in [0.3, 0.4) is 0 Å². The molecule has 2 aliphatic rings. The van der Waals surface area contributed by atoms with E-state index in [9.17, 15) is 0 Å². The van der Waals surface area contributed by atoms with Crippen molar-refractivity contribution in [2.24, 2.45) is 4.99 Å². The van der Waals surface area contributed by atoms with E-state index >= 15 is 0 Å². The summed E-state index contributed by atoms with van der Waals surface area (Å²) in [4.78, 5) is 15.6. The van der Waals surface area contributed by atoms with Gasteiger partial charge in [-0.1, -0.05) is 17.7 Å². The predicted octanol–water partition coefficient (Wildman–Crippen LogP) is 2.99. The van der Waals surface area contributed by atoms with Gasteiger partial charge in [-0.3, -0.25) is 4.99 Å². The van der Waals surface area contributed by atoms with Crippen LogP contribution in [-0.4, -0.2) is 41.9 Å². The fraction of sp³-hybridized carbons (Fsp3) is 0.389. The van der Waals surface area contributed by atoms with Crippen LogP contribution in [0.1, 0.15) is 24.5 Å². The van der Waals surface area contributed by atoms with Crippen molar-refractivity contribution in [3.05, 3.63) is 40.5 Å². The number of nitrogens with one attached hydrogen (secondary N) is 2. The molecular weight excluding hydrogens is 336 g/mol. The Morgan fingerprint density at radius 3 is 3.20 bits per heavy atom. The Kier molecular flexibility index (Phi) is 4.55. The Balaban J connectivity index is 1.58. The highest BCUT2D eigenvalue weighted by atomic mass is 35.5. The van der Waals surface area contributed by atoms with Crippen LogP contribution in [0.5, 0.6) is 0 Å². The number of fused-ring (bicyclic) bond motifs is 1. The lowest BCUT2D eigenvalue weighted by Gasteiger charge is -2.23. The van der Waals surface area contributed by atoms with E-state index < -0.39 is 0 Å². The lowest BCUT2D eigenvalue weighted by atomic mass is 10.1. The molecule has 0 spiro atoms. The number of hydrogen-bond acceptors (Lipinski definition) is 6. The molecule has 3 heterocycles. The van der Waals surface area contributed by atoms with E-state index in [1.807, 2.05) is 12.3 Å². The molecule has 1 aromatic carbocycles. The van der Waals surface area contributed by atoms with Gasteiger partial charge in [0.2, 0.25) is 5.95 Å². The average Bonchev–Trinajstić information content (AvgIpc) is 2.96. The second-order valence-electron chi connectivity index (χ2n) is 6.53. The molecule has 0 aliphatic carbocycles. The van der Waals surface area contributed by atoms with Gasteiger partial charge in [-0.05, 0) is 43.1 Å². The number of hydrogen-bond donors (Lipinski definition) is 2. The van der Waals surface area contributed by atoms with Crippen molar-refractivity contribution in [3.8, 4) is 0 Å². The summed E-state index contributed by atoms with van der Waals surface area (Å²) in [5, 5.41) is 7.32. The third-order valence-electron chi connectivity index (χ3n) is 4.51. The maximum absolute atomic E-state index is 6.32. The summed E-state index contributed by atoms with van der Waals surface area (Å²) in [6.07, 6.45) is 4.65. The Bertz CT molecular complexity index is 806. The minimum absolute atomic E-state index is 0.411. The molecule has 1 fully saturated rings. The predicted molar refractivity (Wildman–Crippen MR) is 102 cm³/mol. The molecule has 2 aromatic rings. The highest BCUT2D eigenvalue weighted by Gasteiger charge is 2.18. The molecule has 1 aromatic heterocycles. The van der Waals surface area contributed by atoms with Crippen LogP contribution in [0.2, 0.25) is 5.02 Å². The van der Waals surface area contributed by atoms with Crippen molar-refractivity contribution in [2.45, 2.75) is 25.9 Å². The van der Waals surface area contributed by atoms with Crippen molar-refractivity contribution in [3.63, 3.8) is 0 Å². The summed E-state index contributed by atoms with van der Waals surface area (Å²) >= 11 is 6.32. The number of rotatable bonds is 3. The second-order valence-corrected chi connectivity index (χ2v) is 6.94. The molecule has 1 saturated heterocycles. The number of benzene rings is 1. The van der Waals surface area contributed by atoms with Gasteiger partial charge in [-0.15, -0.1) is 0 Å². The minimum Gasteiger partial charge on any atom is -0.339 e. The first-order valence-corrected chi connectivity index (χ1v) is 8.97. The SMILES string of the molecule is CC1CN(c2ncc(Cl)c(Nc3ccc4c(c3)C=NC4)n2)CCCN1. The lowest BCUT2D eigenvalue weighted by Crippen LogP contribution is -2.36. The molecule has 0 amide bonds. The summed E-state index contributed by atoms with van der Waals surface area (Å²) < 4.78 is 0. The molecule has 0 bridgehead atoms. The van der Waals surface area contributed by atoms with E-state index in [4.69, 9.17) is 11.6 Å². The number of halogens is 1. The smallest absolute Gasteiger partial charge is 0.227 e. The molecule has 1 atom stereocenters. The zero-order chi connectivity index (χ0) is 17.2. The summed E-state index contributed by atoms with van der Waals surface area (Å²) in [5.41, 5.74) is 3.33. The zero-order valence-electron chi connectivity index (χ0n) is 14.2. The van der Waals surface area contributed by atoms with Crippen LogP contribution in [-0.2, 0) is 6.54 Å². The molecule has 0 saturated carbocycles. The van der Waals surface area contributed by atoms with E-state index in [0.717, 1.165) is 43.9 Å². The van der Waals surface area contributed by atoms with Gasteiger partial charge in [0.25, 0.3) is 0 Å². The van der Waals surface area contributed by atoms with E-state index in [1.165, 1.54) is 5.56 Å². The van der Waals surface area contributed by atoms with Gasteiger partial charge in [-0.25, -0.2) is 4.98 Å². The van der Waals surface area contributed by atoms with Crippen molar-refractivity contribution in [1.29, 1.82) is 0 Å². The topological polar surface area (TPSA) is 65.4 Å². The summed E-state index contributed by atoms with van der Waals surface area (Å²) in [6.45, 7) is 5.78. The number of aliphatic imine (C=N–C) groups is 1. The monoisotopic (exact) mass is 356 g/mol. The van der Waals surface area contributed by atoms with Gasteiger partial charge >= 0.3 is 0 Å². The zero-order valence-corrected chi connectivity index (χ0v) is 14.9. The molecular formula is C18H21ClN6. The third-order valence-corrected chi connectivity index (χ3v) is 4.78. The van der Waals surface area contributed by atoms with E-state index in [1.54, 1.807) is 6.20 Å². The maximum Gasteiger partial charge on any atom is 0.227 e. The first-order valence-electron chi connectivity index (χ1n) is 8.60. The van der Waals surface area contributed by atoms with Gasteiger partial charge in [0.15, 0.2) is 5.82 Å². The van der Waals surface area contributed by atoms with Gasteiger partial charge in [0, 0.05) is 31.0 Å². The number of anilines is 3. The first kappa shape index (κ1) is 16.3. The quantitative estimate of drug-likeness (QED) is 0.885. The molecule has 6 nitrogen and oxygen atoms in total. The standard InChI is InChI=1S/C18H21ClN6/c1-12-11-25(6-2-5-21-12)18-22-10-16(19)17(24-18)23-15-4-3-13-8-20-9-14(13)7-15/h3-4,7,9-10,12,21H,2,5-6,8,11H2,1H3,(H,22,23,24). The molecule has 2 aliphatic heterocycles. The molecule has 7 heteroatoms. The normalized spacial score (nSPS) is 19.6. The fourth-order valence-electron chi connectivity index (χ4n) is 3.20. The van der Waals surface area contributed by atoms with Crippen LogP contribution in [0.15, 0.2) is 29.4 Å². The Morgan fingerprint density at radius 1 is 1.36 bits per heavy atom. The van der Waals surface area contributed by atoms with Crippen molar-refractivity contribution < 1.29 is 0 Å². The lowest BCUT2D eigenvalue weighted by molar-refractivity contribution is 0.582. The maximum atomic E-state index is 6.32. The molecule has 25 heavy (non-hydrogen) atoms. The largest absolute Gasteiger partial charge is 0.339 e. The Morgan fingerprint density at radius 2 is 2.28 bits per heavy atom. The molecule has 130 valence electrons. The van der Waals surface area contributed by atoms with Crippen LogP contribution in [0.25, 0.3) is 0 Å². The van der Waals surface area contributed by atoms with Crippen LogP contribution < -0.4 is 15.5 Å². The molecule has 1 unspecified atom stereocenters. The van der Waals surface area contributed by atoms with Crippen LogP contribution in [0.4, 0.5) is 17.5 Å². The average molecular weight is 357 g/mol. The Labute approximate surface area is 152 Å². The summed E-state index contributed by atoms with van der Waals surface area (Å²) in [5.74, 6) is 1.34. The minimum atomic E-state index is 0.411. The molecule has 0 radical (unpaired) electrons. The van der Waals surface area contributed by atoms with E-state index in [0.29, 0.717) is 22.8 Å². The molecule has 4 rings (SSSR count). The van der Waals surface area contributed by atoms with Crippen LogP contribution in [0, 0.1) is 0 Å². The van der Waals surface area contributed by atoms with Crippen molar-refractivity contribution in [1.82, 2.24) is 15.3 Å². The summed E-state index contributed by atoms with van der Waals surface area (Å²) in [7, 11) is 0. The highest BCUT2D eigenvalue weighted by molar-refractivity contribution is 6.32. The van der Waals surface area contributed by atoms with Crippen LogP contribution >= 0.6 is 11.6 Å². The third kappa shape index (κ3) is 3.60. The fourth-order valence-corrected chi connectivity index (χ4v) is 3.34. The van der Waals surface area contributed by atoms with Gasteiger partial charge in [-0.2, -0.15) is 4.98 Å². The Hall–Kier alpha value is -2.18. The van der Waals surface area contributed by atoms with Gasteiger partial charge in [0.05, 0.1) is 12.7 Å². The number of nitrogens with zero attached hydrogens (tertiary/aromatic N) is 4.